The largest absolute Gasteiger partial charge is 0.464 e. The Morgan fingerprint density at radius 1 is 1.05 bits per heavy atom. The second-order valence-electron chi connectivity index (χ2n) is 5.20. The second kappa shape index (κ2) is 11.1. The van der Waals surface area contributed by atoms with Crippen LogP contribution >= 0.6 is 0 Å². The third-order valence-electron chi connectivity index (χ3n) is 3.40. The van der Waals surface area contributed by atoms with Gasteiger partial charge >= 0.3 is 5.97 Å². The number of methoxy groups -OCH3 is 1. The van der Waals surface area contributed by atoms with Crippen LogP contribution < -0.4 is 5.32 Å². The van der Waals surface area contributed by atoms with Crippen molar-refractivity contribution in [3.8, 4) is 0 Å². The van der Waals surface area contributed by atoms with Crippen LogP contribution in [0.1, 0.15) is 68.8 Å². The van der Waals surface area contributed by atoms with Gasteiger partial charge in [0.2, 0.25) is 0 Å². The SMILES string of the molecule is CCCCCCCCCCNc1ccc(C(=O)OC)nn1. The minimum atomic E-state index is -0.461. The van der Waals surface area contributed by atoms with E-state index in [0.717, 1.165) is 13.0 Å². The van der Waals surface area contributed by atoms with Gasteiger partial charge in [0, 0.05) is 6.54 Å². The molecule has 5 heteroatoms. The zero-order chi connectivity index (χ0) is 15.3. The average molecular weight is 293 g/mol. The number of carbonyl (C=O) groups excluding carboxylic acids is 1. The molecule has 0 aliphatic carbocycles. The van der Waals surface area contributed by atoms with E-state index in [1.807, 2.05) is 0 Å². The first-order valence-electron chi connectivity index (χ1n) is 7.94. The number of hydrogen-bond acceptors (Lipinski definition) is 5. The topological polar surface area (TPSA) is 64.1 Å². The Hall–Kier alpha value is -1.65. The molecule has 1 rings (SSSR count). The molecule has 0 aromatic carbocycles. The number of esters is 1. The van der Waals surface area contributed by atoms with Gasteiger partial charge in [0.25, 0.3) is 0 Å². The number of aromatic nitrogens is 2. The zero-order valence-electron chi connectivity index (χ0n) is 13.2. The predicted octanol–water partition coefficient (Wildman–Crippen LogP) is 3.82. The van der Waals surface area contributed by atoms with Crippen LogP contribution in [0, 0.1) is 0 Å². The van der Waals surface area contributed by atoms with Crippen molar-refractivity contribution in [2.75, 3.05) is 19.0 Å². The van der Waals surface area contributed by atoms with Gasteiger partial charge in [-0.2, -0.15) is 0 Å². The number of hydrogen-bond donors (Lipinski definition) is 1. The maximum absolute atomic E-state index is 11.2. The van der Waals surface area contributed by atoms with Gasteiger partial charge in [-0.3, -0.25) is 0 Å². The number of carbonyl (C=O) groups is 1. The van der Waals surface area contributed by atoms with Crippen molar-refractivity contribution in [3.05, 3.63) is 17.8 Å². The quantitative estimate of drug-likeness (QED) is 0.496. The number of anilines is 1. The van der Waals surface area contributed by atoms with Crippen LogP contribution in [0.25, 0.3) is 0 Å². The highest BCUT2D eigenvalue weighted by Gasteiger charge is 2.06. The molecule has 1 N–H and O–H groups in total. The van der Waals surface area contributed by atoms with Crippen molar-refractivity contribution in [2.45, 2.75) is 58.3 Å². The van der Waals surface area contributed by atoms with E-state index in [-0.39, 0.29) is 5.69 Å². The molecule has 0 radical (unpaired) electrons. The van der Waals surface area contributed by atoms with Gasteiger partial charge < -0.3 is 10.1 Å². The number of unbranched alkanes of at least 4 members (excludes halogenated alkanes) is 7. The van der Waals surface area contributed by atoms with Crippen LogP contribution in [0.15, 0.2) is 12.1 Å². The number of nitrogens with zero attached hydrogens (tertiary/aromatic N) is 2. The van der Waals surface area contributed by atoms with Crippen LogP contribution in [0.4, 0.5) is 5.82 Å². The summed E-state index contributed by atoms with van der Waals surface area (Å²) in [6.07, 6.45) is 10.4. The molecular formula is C16H27N3O2. The first-order chi connectivity index (χ1) is 10.3. The number of rotatable bonds is 11. The lowest BCUT2D eigenvalue weighted by Gasteiger charge is -2.05. The summed E-state index contributed by atoms with van der Waals surface area (Å²) in [5, 5.41) is 11.0. The third-order valence-corrected chi connectivity index (χ3v) is 3.40. The molecule has 0 bridgehead atoms. The Bertz CT molecular complexity index is 393. The van der Waals surface area contributed by atoms with E-state index in [0.29, 0.717) is 5.82 Å². The minimum absolute atomic E-state index is 0.232. The molecule has 0 spiro atoms. The lowest BCUT2D eigenvalue weighted by atomic mass is 10.1. The second-order valence-corrected chi connectivity index (χ2v) is 5.20. The Labute approximate surface area is 127 Å². The summed E-state index contributed by atoms with van der Waals surface area (Å²) in [5.41, 5.74) is 0.232. The molecule has 5 nitrogen and oxygen atoms in total. The average Bonchev–Trinajstić information content (AvgIpc) is 2.53. The van der Waals surface area contributed by atoms with Crippen LogP contribution in [0.2, 0.25) is 0 Å². The number of ether oxygens (including phenoxy) is 1. The van der Waals surface area contributed by atoms with Crippen molar-refractivity contribution in [2.24, 2.45) is 0 Å². The standard InChI is InChI=1S/C16H27N3O2/c1-3-4-5-6-7-8-9-10-13-17-15-12-11-14(18-19-15)16(20)21-2/h11-12H,3-10,13H2,1-2H3,(H,17,19). The van der Waals surface area contributed by atoms with Crippen molar-refractivity contribution >= 4 is 11.8 Å². The molecule has 0 atom stereocenters. The third kappa shape index (κ3) is 7.63. The highest BCUT2D eigenvalue weighted by Crippen LogP contribution is 2.09. The van der Waals surface area contributed by atoms with E-state index in [4.69, 9.17) is 0 Å². The Balaban J connectivity index is 2.06. The molecule has 118 valence electrons. The molecule has 21 heavy (non-hydrogen) atoms. The molecule has 0 amide bonds. The van der Waals surface area contributed by atoms with Crippen LogP contribution in [-0.4, -0.2) is 29.8 Å². The van der Waals surface area contributed by atoms with Crippen molar-refractivity contribution in [1.29, 1.82) is 0 Å². The fourth-order valence-corrected chi connectivity index (χ4v) is 2.12. The fraction of sp³-hybridized carbons (Fsp3) is 0.688. The molecule has 1 heterocycles. The summed E-state index contributed by atoms with van der Waals surface area (Å²) in [4.78, 5) is 11.2. The van der Waals surface area contributed by atoms with E-state index in [1.54, 1.807) is 12.1 Å². The molecule has 1 aromatic rings. The van der Waals surface area contributed by atoms with E-state index in [2.05, 4.69) is 27.2 Å². The zero-order valence-corrected chi connectivity index (χ0v) is 13.2. The maximum Gasteiger partial charge on any atom is 0.358 e. The lowest BCUT2D eigenvalue weighted by molar-refractivity contribution is 0.0593. The maximum atomic E-state index is 11.2. The molecule has 0 saturated heterocycles. The summed E-state index contributed by atoms with van der Waals surface area (Å²) in [6, 6.07) is 3.37. The lowest BCUT2D eigenvalue weighted by Crippen LogP contribution is -2.08. The van der Waals surface area contributed by atoms with Gasteiger partial charge in [0.1, 0.15) is 5.82 Å². The summed E-state index contributed by atoms with van der Waals surface area (Å²) >= 11 is 0. The van der Waals surface area contributed by atoms with Crippen molar-refractivity contribution in [3.63, 3.8) is 0 Å². The smallest absolute Gasteiger partial charge is 0.358 e. The molecule has 0 fully saturated rings. The van der Waals surface area contributed by atoms with Gasteiger partial charge in [0.05, 0.1) is 7.11 Å². The van der Waals surface area contributed by atoms with Gasteiger partial charge in [-0.1, -0.05) is 51.9 Å². The Kier molecular flexibility index (Phi) is 9.16. The van der Waals surface area contributed by atoms with Gasteiger partial charge in [-0.25, -0.2) is 4.79 Å². The molecule has 0 aliphatic heterocycles. The van der Waals surface area contributed by atoms with Crippen LogP contribution in [0.5, 0.6) is 0 Å². The van der Waals surface area contributed by atoms with Gasteiger partial charge in [-0.15, -0.1) is 10.2 Å². The monoisotopic (exact) mass is 293 g/mol. The Morgan fingerprint density at radius 3 is 2.29 bits per heavy atom. The Morgan fingerprint density at radius 2 is 1.71 bits per heavy atom. The highest BCUT2D eigenvalue weighted by atomic mass is 16.5. The first kappa shape index (κ1) is 17.4. The predicted molar refractivity (Wildman–Crippen MR) is 84.5 cm³/mol. The van der Waals surface area contributed by atoms with E-state index in [9.17, 15) is 4.79 Å². The molecular weight excluding hydrogens is 266 g/mol. The van der Waals surface area contributed by atoms with E-state index < -0.39 is 5.97 Å². The van der Waals surface area contributed by atoms with Gasteiger partial charge in [0.15, 0.2) is 5.69 Å². The molecule has 0 saturated carbocycles. The summed E-state index contributed by atoms with van der Waals surface area (Å²) in [5.74, 6) is 0.239. The minimum Gasteiger partial charge on any atom is -0.464 e. The highest BCUT2D eigenvalue weighted by molar-refractivity contribution is 5.86. The van der Waals surface area contributed by atoms with E-state index >= 15 is 0 Å². The van der Waals surface area contributed by atoms with Crippen molar-refractivity contribution < 1.29 is 9.53 Å². The van der Waals surface area contributed by atoms with Crippen LogP contribution in [0.3, 0.4) is 0 Å². The normalized spacial score (nSPS) is 10.4. The fourth-order valence-electron chi connectivity index (χ4n) is 2.12. The number of nitrogens with one attached hydrogen (secondary N) is 1. The molecule has 1 aromatic heterocycles. The summed E-state index contributed by atoms with van der Waals surface area (Å²) in [6.45, 7) is 3.13. The van der Waals surface area contributed by atoms with E-state index in [1.165, 1.54) is 52.1 Å². The summed E-state index contributed by atoms with van der Waals surface area (Å²) < 4.78 is 4.57. The summed E-state index contributed by atoms with van der Waals surface area (Å²) in [7, 11) is 1.33. The molecule has 0 aliphatic rings. The first-order valence-corrected chi connectivity index (χ1v) is 7.94. The molecule has 0 unspecified atom stereocenters. The van der Waals surface area contributed by atoms with Crippen molar-refractivity contribution in [1.82, 2.24) is 10.2 Å². The van der Waals surface area contributed by atoms with Gasteiger partial charge in [-0.05, 0) is 18.6 Å². The van der Waals surface area contributed by atoms with Crippen LogP contribution in [-0.2, 0) is 4.74 Å².